The van der Waals surface area contributed by atoms with Gasteiger partial charge in [0, 0.05) is 12.3 Å². The molecule has 0 aliphatic carbocycles. The van der Waals surface area contributed by atoms with E-state index in [-0.39, 0.29) is 5.97 Å². The van der Waals surface area contributed by atoms with Crippen LogP contribution in [0, 0.1) is 25.2 Å². The van der Waals surface area contributed by atoms with Gasteiger partial charge in [-0.3, -0.25) is 0 Å². The van der Waals surface area contributed by atoms with Gasteiger partial charge < -0.3 is 9.14 Å². The van der Waals surface area contributed by atoms with Crippen molar-refractivity contribution in [1.29, 1.82) is 5.26 Å². The maximum atomic E-state index is 11.6. The maximum absolute atomic E-state index is 11.6. The fraction of sp³-hybridized carbons (Fsp3) is 0.294. The number of carbonyl (C=O) groups excluding carboxylic acids is 1. The predicted molar refractivity (Wildman–Crippen MR) is 89.0 cm³/mol. The molecule has 0 spiro atoms. The Morgan fingerprint density at radius 3 is 2.82 bits per heavy atom. The Kier molecular flexibility index (Phi) is 4.94. The Hall–Kier alpha value is -2.19. The van der Waals surface area contributed by atoms with E-state index in [1.807, 2.05) is 30.7 Å². The first-order valence-electron chi connectivity index (χ1n) is 6.97. The minimum atomic E-state index is -0.382. The van der Waals surface area contributed by atoms with E-state index < -0.39 is 0 Å². The van der Waals surface area contributed by atoms with Gasteiger partial charge in [-0.05, 0) is 44.2 Å². The molecular weight excluding hydrogens is 296 g/mol. The highest BCUT2D eigenvalue weighted by atomic mass is 32.2. The van der Waals surface area contributed by atoms with Gasteiger partial charge in [-0.1, -0.05) is 6.07 Å². The molecule has 0 bridgehead atoms. The van der Waals surface area contributed by atoms with Gasteiger partial charge in [-0.2, -0.15) is 5.26 Å². The lowest BCUT2D eigenvalue weighted by atomic mass is 10.1. The average molecular weight is 314 g/mol. The summed E-state index contributed by atoms with van der Waals surface area (Å²) in [5, 5.41) is 9.52. The number of carbonyl (C=O) groups is 1. The molecule has 0 radical (unpaired) electrons. The Morgan fingerprint density at radius 2 is 2.23 bits per heavy atom. The van der Waals surface area contributed by atoms with E-state index in [0.717, 1.165) is 27.2 Å². The van der Waals surface area contributed by atoms with Crippen LogP contribution in [0.2, 0.25) is 0 Å². The van der Waals surface area contributed by atoms with Crippen LogP contribution < -0.4 is 0 Å². The van der Waals surface area contributed by atoms with E-state index in [0.29, 0.717) is 12.2 Å². The molecule has 0 unspecified atom stereocenters. The van der Waals surface area contributed by atoms with E-state index in [2.05, 4.69) is 12.1 Å². The van der Waals surface area contributed by atoms with Crippen LogP contribution in [-0.4, -0.2) is 23.2 Å². The summed E-state index contributed by atoms with van der Waals surface area (Å²) in [6, 6.07) is 4.35. The van der Waals surface area contributed by atoms with Crippen molar-refractivity contribution in [2.75, 3.05) is 12.9 Å². The van der Waals surface area contributed by atoms with Crippen LogP contribution in [0.1, 0.15) is 29.3 Å². The molecule has 2 aromatic heterocycles. The third-order valence-electron chi connectivity index (χ3n) is 3.33. The molecule has 4 nitrogen and oxygen atoms in total. The first kappa shape index (κ1) is 16.2. The fourth-order valence-corrected chi connectivity index (χ4v) is 3.28. The molecular formula is C17H18N2O2S. The number of aryl methyl sites for hydroxylation is 2. The molecule has 0 aliphatic heterocycles. The van der Waals surface area contributed by atoms with Gasteiger partial charge in [0.05, 0.1) is 28.3 Å². The molecule has 0 atom stereocenters. The summed E-state index contributed by atoms with van der Waals surface area (Å²) in [6.45, 7) is 6.11. The number of hydrogen-bond acceptors (Lipinski definition) is 4. The van der Waals surface area contributed by atoms with Crippen molar-refractivity contribution in [3.8, 4) is 6.07 Å². The van der Waals surface area contributed by atoms with Crippen molar-refractivity contribution >= 4 is 29.3 Å². The van der Waals surface area contributed by atoms with Gasteiger partial charge in [0.15, 0.2) is 0 Å². The molecule has 0 saturated carbocycles. The number of hydrogen-bond donors (Lipinski definition) is 0. The SMILES string of the molecule is CCOC(=O)/C=C/c1c(SC)c(C#N)c2c(C)cc(C)cn12. The third-order valence-corrected chi connectivity index (χ3v) is 4.15. The van der Waals surface area contributed by atoms with E-state index in [1.54, 1.807) is 13.0 Å². The van der Waals surface area contributed by atoms with Crippen molar-refractivity contribution in [2.24, 2.45) is 0 Å². The summed E-state index contributed by atoms with van der Waals surface area (Å²) < 4.78 is 6.90. The summed E-state index contributed by atoms with van der Waals surface area (Å²) in [6.07, 6.45) is 7.04. The van der Waals surface area contributed by atoms with Crippen LogP contribution in [0.5, 0.6) is 0 Å². The Balaban J connectivity index is 2.72. The quantitative estimate of drug-likeness (QED) is 0.490. The maximum Gasteiger partial charge on any atom is 0.330 e. The first-order valence-corrected chi connectivity index (χ1v) is 8.20. The first-order chi connectivity index (χ1) is 10.5. The van der Waals surface area contributed by atoms with Crippen LogP contribution >= 0.6 is 11.8 Å². The second-order valence-electron chi connectivity index (χ2n) is 4.91. The summed E-state index contributed by atoms with van der Waals surface area (Å²) in [4.78, 5) is 12.4. The van der Waals surface area contributed by atoms with E-state index in [4.69, 9.17) is 4.74 Å². The molecule has 0 saturated heterocycles. The average Bonchev–Trinajstić information content (AvgIpc) is 2.78. The molecule has 2 rings (SSSR count). The van der Waals surface area contributed by atoms with Gasteiger partial charge in [-0.25, -0.2) is 4.79 Å². The zero-order valence-corrected chi connectivity index (χ0v) is 14.0. The summed E-state index contributed by atoms with van der Waals surface area (Å²) in [5.74, 6) is -0.382. The zero-order chi connectivity index (χ0) is 16.3. The summed E-state index contributed by atoms with van der Waals surface area (Å²) >= 11 is 1.51. The minimum absolute atomic E-state index is 0.342. The number of nitriles is 1. The number of ether oxygens (including phenoxy) is 1. The molecule has 0 aliphatic rings. The van der Waals surface area contributed by atoms with Crippen LogP contribution in [-0.2, 0) is 9.53 Å². The normalized spacial score (nSPS) is 11.0. The predicted octanol–water partition coefficient (Wildman–Crippen LogP) is 3.73. The Bertz CT molecular complexity index is 797. The second kappa shape index (κ2) is 6.71. The van der Waals surface area contributed by atoms with Crippen molar-refractivity contribution in [3.63, 3.8) is 0 Å². The number of esters is 1. The standard InChI is InChI=1S/C17H18N2O2S/c1-5-21-15(20)7-6-14-17(22-4)13(9-18)16-12(3)8-11(2)10-19(14)16/h6-8,10H,5H2,1-4H3/b7-6+. The molecule has 22 heavy (non-hydrogen) atoms. The van der Waals surface area contributed by atoms with E-state index in [1.165, 1.54) is 17.8 Å². The Labute approximate surface area is 134 Å². The summed E-state index contributed by atoms with van der Waals surface area (Å²) in [5.41, 5.74) is 4.51. The lowest BCUT2D eigenvalue weighted by Crippen LogP contribution is -1.99. The van der Waals surface area contributed by atoms with E-state index in [9.17, 15) is 10.1 Å². The molecule has 2 aromatic rings. The van der Waals surface area contributed by atoms with Crippen LogP contribution in [0.3, 0.4) is 0 Å². The minimum Gasteiger partial charge on any atom is -0.463 e. The number of aromatic nitrogens is 1. The van der Waals surface area contributed by atoms with Gasteiger partial charge in [-0.15, -0.1) is 11.8 Å². The number of thioether (sulfide) groups is 1. The lowest BCUT2D eigenvalue weighted by Gasteiger charge is -2.04. The van der Waals surface area contributed by atoms with Gasteiger partial charge in [0.1, 0.15) is 6.07 Å². The Morgan fingerprint density at radius 1 is 1.50 bits per heavy atom. The number of rotatable bonds is 4. The van der Waals surface area contributed by atoms with E-state index >= 15 is 0 Å². The number of nitrogens with zero attached hydrogens (tertiary/aromatic N) is 2. The van der Waals surface area contributed by atoms with Crippen molar-refractivity contribution in [2.45, 2.75) is 25.7 Å². The lowest BCUT2D eigenvalue weighted by molar-refractivity contribution is -0.137. The third kappa shape index (κ3) is 2.88. The molecule has 0 aromatic carbocycles. The highest BCUT2D eigenvalue weighted by Gasteiger charge is 2.18. The molecule has 0 amide bonds. The van der Waals surface area contributed by atoms with Crippen LogP contribution in [0.25, 0.3) is 11.6 Å². The van der Waals surface area contributed by atoms with Crippen LogP contribution in [0.4, 0.5) is 0 Å². The fourth-order valence-electron chi connectivity index (χ4n) is 2.56. The van der Waals surface area contributed by atoms with Gasteiger partial charge in [0.25, 0.3) is 0 Å². The monoisotopic (exact) mass is 314 g/mol. The highest BCUT2D eigenvalue weighted by molar-refractivity contribution is 7.98. The molecule has 0 N–H and O–H groups in total. The highest BCUT2D eigenvalue weighted by Crippen LogP contribution is 2.33. The van der Waals surface area contributed by atoms with Crippen molar-refractivity contribution in [1.82, 2.24) is 4.40 Å². The topological polar surface area (TPSA) is 54.5 Å². The number of pyridine rings is 1. The molecule has 5 heteroatoms. The molecule has 0 fully saturated rings. The van der Waals surface area contributed by atoms with Gasteiger partial charge >= 0.3 is 5.97 Å². The van der Waals surface area contributed by atoms with Crippen LogP contribution in [0.15, 0.2) is 23.2 Å². The molecule has 2 heterocycles. The smallest absolute Gasteiger partial charge is 0.330 e. The van der Waals surface area contributed by atoms with Crippen molar-refractivity contribution < 1.29 is 9.53 Å². The largest absolute Gasteiger partial charge is 0.463 e. The summed E-state index contributed by atoms with van der Waals surface area (Å²) in [7, 11) is 0. The van der Waals surface area contributed by atoms with Gasteiger partial charge in [0.2, 0.25) is 0 Å². The zero-order valence-electron chi connectivity index (χ0n) is 13.1. The molecule has 114 valence electrons. The second-order valence-corrected chi connectivity index (χ2v) is 5.73. The van der Waals surface area contributed by atoms with Crippen molar-refractivity contribution in [3.05, 3.63) is 40.7 Å². The number of fused-ring (bicyclic) bond motifs is 1.